The van der Waals surface area contributed by atoms with Crippen LogP contribution >= 0.6 is 0 Å². The summed E-state index contributed by atoms with van der Waals surface area (Å²) in [7, 11) is 1.62. The van der Waals surface area contributed by atoms with Crippen LogP contribution in [0.15, 0.2) is 42.5 Å². The number of carbonyl (C=O) groups is 3. The van der Waals surface area contributed by atoms with Crippen LogP contribution < -0.4 is 9.64 Å². The van der Waals surface area contributed by atoms with Crippen molar-refractivity contribution in [3.63, 3.8) is 0 Å². The van der Waals surface area contributed by atoms with Gasteiger partial charge in [0.25, 0.3) is 5.91 Å². The molecule has 2 heterocycles. The first-order valence-electron chi connectivity index (χ1n) is 11.4. The van der Waals surface area contributed by atoms with Gasteiger partial charge < -0.3 is 14.4 Å². The molecule has 0 saturated carbocycles. The van der Waals surface area contributed by atoms with E-state index in [0.29, 0.717) is 30.8 Å². The van der Waals surface area contributed by atoms with Crippen molar-refractivity contribution in [1.82, 2.24) is 4.90 Å². The van der Waals surface area contributed by atoms with Crippen LogP contribution in [0.2, 0.25) is 0 Å². The summed E-state index contributed by atoms with van der Waals surface area (Å²) < 4.78 is 10.6. The number of hydrogen-bond acceptors (Lipinski definition) is 5. The van der Waals surface area contributed by atoms with Gasteiger partial charge in [-0.15, -0.1) is 0 Å². The molecule has 2 amide bonds. The number of anilines is 1. The molecule has 0 aliphatic carbocycles. The zero-order valence-electron chi connectivity index (χ0n) is 19.5. The second kappa shape index (κ2) is 9.25. The smallest absolute Gasteiger partial charge is 0.329 e. The molecule has 7 heteroatoms. The number of esters is 1. The molecule has 2 aromatic carbocycles. The monoisotopic (exact) mass is 450 g/mol. The first-order valence-corrected chi connectivity index (χ1v) is 11.4. The predicted molar refractivity (Wildman–Crippen MR) is 124 cm³/mol. The van der Waals surface area contributed by atoms with E-state index < -0.39 is 12.0 Å². The number of carbonyl (C=O) groups excluding carboxylic acids is 3. The molecular formula is C26H30N2O5. The Bertz CT molecular complexity index is 1060. The van der Waals surface area contributed by atoms with Crippen LogP contribution in [-0.2, 0) is 20.9 Å². The van der Waals surface area contributed by atoms with E-state index in [9.17, 15) is 14.4 Å². The molecule has 4 rings (SSSR count). The average Bonchev–Trinajstić information content (AvgIpc) is 2.82. The zero-order chi connectivity index (χ0) is 23.7. The highest BCUT2D eigenvalue weighted by atomic mass is 16.5. The normalized spacial score (nSPS) is 19.4. The number of hydrogen-bond donors (Lipinski definition) is 0. The zero-order valence-corrected chi connectivity index (χ0v) is 19.5. The molecular weight excluding hydrogens is 420 g/mol. The van der Waals surface area contributed by atoms with E-state index in [4.69, 9.17) is 9.47 Å². The lowest BCUT2D eigenvalue weighted by Gasteiger charge is -2.45. The molecule has 0 fully saturated rings. The number of methoxy groups -OCH3 is 1. The fourth-order valence-electron chi connectivity index (χ4n) is 4.80. The summed E-state index contributed by atoms with van der Waals surface area (Å²) in [4.78, 5) is 42.9. The van der Waals surface area contributed by atoms with Crippen molar-refractivity contribution in [2.45, 2.75) is 45.7 Å². The highest BCUT2D eigenvalue weighted by molar-refractivity contribution is 6.05. The van der Waals surface area contributed by atoms with Gasteiger partial charge in [0.1, 0.15) is 11.8 Å². The standard InChI is InChI=1S/C26H30N2O5/c1-5-33-26(31)22-13-18-15-27(14-17-9-11-19(32-4)12-10-17)25(30)20-7-6-8-21(23(18)20)28(22)24(29)16(2)3/h6-12,16,18,22H,5,13-15H2,1-4H3/t18-,22-/m0/s1. The van der Waals surface area contributed by atoms with Crippen molar-refractivity contribution in [3.05, 3.63) is 59.2 Å². The summed E-state index contributed by atoms with van der Waals surface area (Å²) in [6, 6.07) is 12.4. The Morgan fingerprint density at radius 3 is 2.48 bits per heavy atom. The van der Waals surface area contributed by atoms with Gasteiger partial charge in [-0.05, 0) is 48.7 Å². The van der Waals surface area contributed by atoms with Crippen molar-refractivity contribution in [2.75, 3.05) is 25.2 Å². The molecule has 0 unspecified atom stereocenters. The Labute approximate surface area is 194 Å². The summed E-state index contributed by atoms with van der Waals surface area (Å²) in [6.45, 7) is 6.58. The number of nitrogens with zero attached hydrogens (tertiary/aromatic N) is 2. The number of benzene rings is 2. The largest absolute Gasteiger partial charge is 0.497 e. The maximum absolute atomic E-state index is 13.4. The molecule has 7 nitrogen and oxygen atoms in total. The van der Waals surface area contributed by atoms with Gasteiger partial charge in [-0.3, -0.25) is 14.5 Å². The van der Waals surface area contributed by atoms with Crippen LogP contribution in [0.5, 0.6) is 5.75 Å². The molecule has 33 heavy (non-hydrogen) atoms. The van der Waals surface area contributed by atoms with Gasteiger partial charge in [-0.25, -0.2) is 4.79 Å². The fourth-order valence-corrected chi connectivity index (χ4v) is 4.80. The first-order chi connectivity index (χ1) is 15.8. The summed E-state index contributed by atoms with van der Waals surface area (Å²) in [6.07, 6.45) is 0.424. The van der Waals surface area contributed by atoms with Crippen molar-refractivity contribution in [3.8, 4) is 5.75 Å². The fraction of sp³-hybridized carbons (Fsp3) is 0.423. The second-order valence-corrected chi connectivity index (χ2v) is 8.84. The molecule has 0 aromatic heterocycles. The van der Waals surface area contributed by atoms with Gasteiger partial charge in [-0.2, -0.15) is 0 Å². The van der Waals surface area contributed by atoms with E-state index in [1.54, 1.807) is 25.0 Å². The molecule has 0 bridgehead atoms. The van der Waals surface area contributed by atoms with E-state index in [1.165, 1.54) is 0 Å². The van der Waals surface area contributed by atoms with E-state index in [-0.39, 0.29) is 30.3 Å². The quantitative estimate of drug-likeness (QED) is 0.627. The van der Waals surface area contributed by atoms with Crippen LogP contribution in [0, 0.1) is 5.92 Å². The molecule has 2 aromatic rings. The van der Waals surface area contributed by atoms with E-state index in [0.717, 1.165) is 16.9 Å². The summed E-state index contributed by atoms with van der Waals surface area (Å²) in [5, 5.41) is 0. The second-order valence-electron chi connectivity index (χ2n) is 8.84. The summed E-state index contributed by atoms with van der Waals surface area (Å²) >= 11 is 0. The third-order valence-electron chi connectivity index (χ3n) is 6.35. The minimum Gasteiger partial charge on any atom is -0.497 e. The third-order valence-corrected chi connectivity index (χ3v) is 6.35. The number of amides is 2. The Morgan fingerprint density at radius 2 is 1.85 bits per heavy atom. The maximum atomic E-state index is 13.4. The topological polar surface area (TPSA) is 76.2 Å². The number of rotatable bonds is 6. The maximum Gasteiger partial charge on any atom is 0.329 e. The van der Waals surface area contributed by atoms with Crippen molar-refractivity contribution in [1.29, 1.82) is 0 Å². The van der Waals surface area contributed by atoms with Crippen LogP contribution in [0.1, 0.15) is 54.6 Å². The minimum atomic E-state index is -0.705. The van der Waals surface area contributed by atoms with E-state index in [2.05, 4.69) is 0 Å². The average molecular weight is 451 g/mol. The predicted octanol–water partition coefficient (Wildman–Crippen LogP) is 3.76. The lowest BCUT2D eigenvalue weighted by Crippen LogP contribution is -2.54. The molecule has 0 saturated heterocycles. The van der Waals surface area contributed by atoms with Crippen molar-refractivity contribution in [2.24, 2.45) is 5.92 Å². The lowest BCUT2D eigenvalue weighted by atomic mass is 9.79. The Balaban J connectivity index is 1.72. The van der Waals surface area contributed by atoms with Crippen LogP contribution in [0.3, 0.4) is 0 Å². The highest BCUT2D eigenvalue weighted by Gasteiger charge is 2.45. The van der Waals surface area contributed by atoms with Crippen LogP contribution in [0.4, 0.5) is 5.69 Å². The molecule has 0 spiro atoms. The van der Waals surface area contributed by atoms with Gasteiger partial charge in [0.2, 0.25) is 5.91 Å². The molecule has 2 aliphatic rings. The summed E-state index contributed by atoms with van der Waals surface area (Å²) in [5.41, 5.74) is 3.11. The van der Waals surface area contributed by atoms with Gasteiger partial charge >= 0.3 is 5.97 Å². The molecule has 2 aliphatic heterocycles. The van der Waals surface area contributed by atoms with Gasteiger partial charge in [0.15, 0.2) is 0 Å². The van der Waals surface area contributed by atoms with Gasteiger partial charge in [0, 0.05) is 36.2 Å². The Morgan fingerprint density at radius 1 is 1.12 bits per heavy atom. The lowest BCUT2D eigenvalue weighted by molar-refractivity contribution is -0.146. The molecule has 174 valence electrons. The number of ether oxygens (including phenoxy) is 2. The van der Waals surface area contributed by atoms with Crippen LogP contribution in [-0.4, -0.2) is 49.0 Å². The third kappa shape index (κ3) is 4.19. The molecule has 0 N–H and O–H groups in total. The SMILES string of the molecule is CCOC(=O)[C@@H]1C[C@H]2CN(Cc3ccc(OC)cc3)C(=O)c3cccc(c32)N1C(=O)C(C)C. The highest BCUT2D eigenvalue weighted by Crippen LogP contribution is 2.44. The molecule has 2 atom stereocenters. The molecule has 0 radical (unpaired) electrons. The van der Waals surface area contributed by atoms with Crippen molar-refractivity contribution < 1.29 is 23.9 Å². The Hall–Kier alpha value is -3.35. The first kappa shape index (κ1) is 22.8. The van der Waals surface area contributed by atoms with Gasteiger partial charge in [-0.1, -0.05) is 32.0 Å². The van der Waals surface area contributed by atoms with Crippen LogP contribution in [0.25, 0.3) is 0 Å². The van der Waals surface area contributed by atoms with Crippen molar-refractivity contribution >= 4 is 23.5 Å². The van der Waals surface area contributed by atoms with Gasteiger partial charge in [0.05, 0.1) is 13.7 Å². The minimum absolute atomic E-state index is 0.0576. The Kier molecular flexibility index (Phi) is 6.40. The van der Waals surface area contributed by atoms with E-state index >= 15 is 0 Å². The van der Waals surface area contributed by atoms with E-state index in [1.807, 2.05) is 55.1 Å². The summed E-state index contributed by atoms with van der Waals surface area (Å²) in [5.74, 6) is -0.198.